The van der Waals surface area contributed by atoms with Crippen molar-refractivity contribution in [1.82, 2.24) is 5.32 Å². The van der Waals surface area contributed by atoms with Gasteiger partial charge in [0.25, 0.3) is 11.8 Å². The average Bonchev–Trinajstić information content (AvgIpc) is 2.61. The quantitative estimate of drug-likeness (QED) is 0.753. The molecule has 0 atom stereocenters. The lowest BCUT2D eigenvalue weighted by Gasteiger charge is -2.11. The van der Waals surface area contributed by atoms with E-state index in [1.165, 1.54) is 19.2 Å². The smallest absolute Gasteiger partial charge is 0.257 e. The first-order chi connectivity index (χ1) is 12.0. The molecule has 2 aromatic rings. The fourth-order valence-electron chi connectivity index (χ4n) is 2.14. The van der Waals surface area contributed by atoms with Crippen LogP contribution in [0.4, 0.5) is 0 Å². The third kappa shape index (κ3) is 5.69. The van der Waals surface area contributed by atoms with Gasteiger partial charge in [0.1, 0.15) is 11.5 Å². The minimum atomic E-state index is -0.638. The van der Waals surface area contributed by atoms with Crippen LogP contribution in [0.2, 0.25) is 5.02 Å². The van der Waals surface area contributed by atoms with Crippen LogP contribution in [-0.2, 0) is 11.2 Å². The van der Waals surface area contributed by atoms with Gasteiger partial charge in [-0.3, -0.25) is 9.59 Å². The van der Waals surface area contributed by atoms with E-state index >= 15 is 0 Å². The molecule has 3 N–H and O–H groups in total. The van der Waals surface area contributed by atoms with Crippen LogP contribution >= 0.6 is 11.6 Å². The molecule has 0 aliphatic heterocycles. The summed E-state index contributed by atoms with van der Waals surface area (Å²) in [5.74, 6) is -0.226. The van der Waals surface area contributed by atoms with Crippen LogP contribution in [0, 0.1) is 0 Å². The molecule has 25 heavy (non-hydrogen) atoms. The van der Waals surface area contributed by atoms with Crippen molar-refractivity contribution in [2.24, 2.45) is 5.73 Å². The van der Waals surface area contributed by atoms with Gasteiger partial charge in [0.05, 0.1) is 12.7 Å². The first-order valence-corrected chi connectivity index (χ1v) is 7.99. The number of carbonyl (C=O) groups excluding carboxylic acids is 2. The van der Waals surface area contributed by atoms with Crippen molar-refractivity contribution in [3.63, 3.8) is 0 Å². The van der Waals surface area contributed by atoms with Gasteiger partial charge in [0.2, 0.25) is 0 Å². The summed E-state index contributed by atoms with van der Waals surface area (Å²) >= 11 is 5.82. The van der Waals surface area contributed by atoms with Crippen LogP contribution in [0.25, 0.3) is 0 Å². The summed E-state index contributed by atoms with van der Waals surface area (Å²) < 4.78 is 10.5. The Morgan fingerprint density at radius 3 is 2.52 bits per heavy atom. The number of ether oxygens (including phenoxy) is 2. The Bertz CT molecular complexity index is 747. The molecule has 0 heterocycles. The zero-order valence-corrected chi connectivity index (χ0v) is 14.5. The van der Waals surface area contributed by atoms with Gasteiger partial charge in [0, 0.05) is 17.6 Å². The maximum Gasteiger partial charge on any atom is 0.257 e. The molecule has 0 saturated carbocycles. The normalized spacial score (nSPS) is 10.2. The van der Waals surface area contributed by atoms with E-state index in [2.05, 4.69) is 5.32 Å². The molecule has 6 nitrogen and oxygen atoms in total. The van der Waals surface area contributed by atoms with E-state index in [1.807, 2.05) is 12.1 Å². The number of hydrogen-bond donors (Lipinski definition) is 2. The van der Waals surface area contributed by atoms with Gasteiger partial charge >= 0.3 is 0 Å². The van der Waals surface area contributed by atoms with E-state index < -0.39 is 5.91 Å². The van der Waals surface area contributed by atoms with Crippen molar-refractivity contribution >= 4 is 23.4 Å². The Kier molecular flexibility index (Phi) is 6.65. The number of rotatable bonds is 8. The number of carbonyl (C=O) groups is 2. The van der Waals surface area contributed by atoms with Gasteiger partial charge in [-0.05, 0) is 36.2 Å². The second-order valence-electron chi connectivity index (χ2n) is 5.24. The highest BCUT2D eigenvalue weighted by molar-refractivity contribution is 6.30. The number of primary amides is 1. The van der Waals surface area contributed by atoms with E-state index in [0.717, 1.165) is 5.56 Å². The van der Waals surface area contributed by atoms with E-state index in [0.29, 0.717) is 23.7 Å². The first kappa shape index (κ1) is 18.6. The number of methoxy groups -OCH3 is 1. The molecule has 7 heteroatoms. The fraction of sp³-hybridized carbons (Fsp3) is 0.222. The second-order valence-corrected chi connectivity index (χ2v) is 5.68. The van der Waals surface area contributed by atoms with Crippen molar-refractivity contribution in [2.75, 3.05) is 20.3 Å². The van der Waals surface area contributed by atoms with Crippen molar-refractivity contribution in [3.8, 4) is 11.5 Å². The van der Waals surface area contributed by atoms with Crippen LogP contribution in [0.3, 0.4) is 0 Å². The van der Waals surface area contributed by atoms with Gasteiger partial charge < -0.3 is 20.5 Å². The molecule has 132 valence electrons. The first-order valence-electron chi connectivity index (χ1n) is 7.61. The Balaban J connectivity index is 1.85. The third-order valence-electron chi connectivity index (χ3n) is 3.46. The predicted octanol–water partition coefficient (Wildman–Crippen LogP) is 2.19. The van der Waals surface area contributed by atoms with Crippen molar-refractivity contribution < 1.29 is 19.1 Å². The highest BCUT2D eigenvalue weighted by Crippen LogP contribution is 2.24. The van der Waals surface area contributed by atoms with Crippen LogP contribution in [-0.4, -0.2) is 32.1 Å². The summed E-state index contributed by atoms with van der Waals surface area (Å²) in [4.78, 5) is 23.3. The van der Waals surface area contributed by atoms with Crippen molar-refractivity contribution in [1.29, 1.82) is 0 Å². The summed E-state index contributed by atoms with van der Waals surface area (Å²) in [6, 6.07) is 12.0. The molecule has 0 fully saturated rings. The number of amides is 2. The van der Waals surface area contributed by atoms with Crippen LogP contribution in [0.5, 0.6) is 11.5 Å². The molecule has 0 bridgehead atoms. The van der Waals surface area contributed by atoms with Gasteiger partial charge in [-0.15, -0.1) is 0 Å². The Labute approximate surface area is 150 Å². The van der Waals surface area contributed by atoms with Crippen LogP contribution < -0.4 is 20.5 Å². The molecule has 2 amide bonds. The monoisotopic (exact) mass is 362 g/mol. The largest absolute Gasteiger partial charge is 0.497 e. The zero-order chi connectivity index (χ0) is 18.2. The topological polar surface area (TPSA) is 90.7 Å². The minimum absolute atomic E-state index is 0.190. The number of benzene rings is 2. The van der Waals surface area contributed by atoms with Crippen LogP contribution in [0.1, 0.15) is 15.9 Å². The summed E-state index contributed by atoms with van der Waals surface area (Å²) in [5.41, 5.74) is 6.55. The molecule has 0 aliphatic rings. The lowest BCUT2D eigenvalue weighted by Crippen LogP contribution is -2.31. The van der Waals surface area contributed by atoms with Crippen molar-refractivity contribution in [2.45, 2.75) is 6.42 Å². The van der Waals surface area contributed by atoms with Gasteiger partial charge in [-0.2, -0.15) is 0 Å². The molecule has 0 aromatic heterocycles. The molecular formula is C18H19ClN2O4. The van der Waals surface area contributed by atoms with E-state index in [1.54, 1.807) is 18.2 Å². The number of nitrogens with two attached hydrogens (primary N) is 1. The molecule has 0 saturated heterocycles. The van der Waals surface area contributed by atoms with E-state index in [-0.39, 0.29) is 23.8 Å². The second kappa shape index (κ2) is 8.94. The average molecular weight is 363 g/mol. The van der Waals surface area contributed by atoms with Crippen molar-refractivity contribution in [3.05, 3.63) is 58.6 Å². The maximum absolute atomic E-state index is 11.9. The molecule has 0 radical (unpaired) electrons. The van der Waals surface area contributed by atoms with Gasteiger partial charge in [-0.1, -0.05) is 23.7 Å². The third-order valence-corrected chi connectivity index (χ3v) is 3.71. The van der Waals surface area contributed by atoms with E-state index in [9.17, 15) is 9.59 Å². The van der Waals surface area contributed by atoms with Gasteiger partial charge in [-0.25, -0.2) is 0 Å². The highest BCUT2D eigenvalue weighted by Gasteiger charge is 2.12. The number of nitrogens with one attached hydrogen (secondary N) is 1. The fourth-order valence-corrected chi connectivity index (χ4v) is 2.27. The Morgan fingerprint density at radius 2 is 1.88 bits per heavy atom. The summed E-state index contributed by atoms with van der Waals surface area (Å²) in [7, 11) is 1.49. The van der Waals surface area contributed by atoms with E-state index in [4.69, 9.17) is 26.8 Å². The van der Waals surface area contributed by atoms with Gasteiger partial charge in [0.15, 0.2) is 6.61 Å². The lowest BCUT2D eigenvalue weighted by atomic mass is 10.1. The number of hydrogen-bond acceptors (Lipinski definition) is 4. The molecule has 0 unspecified atom stereocenters. The zero-order valence-electron chi connectivity index (χ0n) is 13.8. The lowest BCUT2D eigenvalue weighted by molar-refractivity contribution is -0.123. The van der Waals surface area contributed by atoms with Crippen LogP contribution in [0.15, 0.2) is 42.5 Å². The summed E-state index contributed by atoms with van der Waals surface area (Å²) in [6.07, 6.45) is 0.675. The molecular weight excluding hydrogens is 344 g/mol. The number of halogens is 1. The SMILES string of the molecule is COc1ccc(C(N)=O)c(OCC(=O)NCCc2ccc(Cl)cc2)c1. The maximum atomic E-state index is 11.9. The minimum Gasteiger partial charge on any atom is -0.497 e. The summed E-state index contributed by atoms with van der Waals surface area (Å²) in [6.45, 7) is 0.235. The Hall–Kier alpha value is -2.73. The molecule has 2 rings (SSSR count). The Morgan fingerprint density at radius 1 is 1.16 bits per heavy atom. The standard InChI is InChI=1S/C18H19ClN2O4/c1-24-14-6-7-15(18(20)23)16(10-14)25-11-17(22)21-9-8-12-2-4-13(19)5-3-12/h2-7,10H,8-9,11H2,1H3,(H2,20,23)(H,21,22). The summed E-state index contributed by atoms with van der Waals surface area (Å²) in [5, 5.41) is 3.42. The predicted molar refractivity (Wildman–Crippen MR) is 95.2 cm³/mol. The molecule has 0 spiro atoms. The molecule has 2 aromatic carbocycles. The molecule has 0 aliphatic carbocycles. The highest BCUT2D eigenvalue weighted by atomic mass is 35.5.